The van der Waals surface area contributed by atoms with E-state index in [-0.39, 0.29) is 0 Å². The fraction of sp³-hybridized carbons (Fsp3) is 0.0909. The SMILES string of the molecule is C=Cc1cc(SCl)ccc1/C=C\C. The molecular formula is C11H11ClS. The molecule has 1 aromatic rings. The molecule has 0 amide bonds. The second-order valence-electron chi connectivity index (χ2n) is 2.57. The standard InChI is InChI=1S/C11H11ClS/c1-3-5-10-6-7-11(13-12)8-9(10)4-2/h3-8H,2H2,1H3/b5-3-. The van der Waals surface area contributed by atoms with Crippen molar-refractivity contribution in [3.05, 3.63) is 42.0 Å². The first-order valence-corrected chi connectivity index (χ1v) is 5.64. The van der Waals surface area contributed by atoms with Crippen molar-refractivity contribution in [2.45, 2.75) is 11.8 Å². The third-order valence-corrected chi connectivity index (χ3v) is 2.68. The quantitative estimate of drug-likeness (QED) is 0.702. The van der Waals surface area contributed by atoms with Gasteiger partial charge in [-0.25, -0.2) is 0 Å². The summed E-state index contributed by atoms with van der Waals surface area (Å²) in [5.74, 6) is 0. The molecule has 0 aliphatic rings. The van der Waals surface area contributed by atoms with Gasteiger partial charge < -0.3 is 0 Å². The van der Waals surface area contributed by atoms with E-state index in [1.165, 1.54) is 16.5 Å². The molecule has 0 fully saturated rings. The first-order chi connectivity index (χ1) is 6.31. The van der Waals surface area contributed by atoms with E-state index in [0.717, 1.165) is 10.5 Å². The lowest BCUT2D eigenvalue weighted by molar-refractivity contribution is 1.44. The molecule has 0 unspecified atom stereocenters. The van der Waals surface area contributed by atoms with Gasteiger partial charge in [0, 0.05) is 4.90 Å². The van der Waals surface area contributed by atoms with Gasteiger partial charge >= 0.3 is 0 Å². The average Bonchev–Trinajstić information content (AvgIpc) is 2.19. The molecular weight excluding hydrogens is 200 g/mol. The number of allylic oxidation sites excluding steroid dienone is 1. The van der Waals surface area contributed by atoms with Crippen LogP contribution in [0.1, 0.15) is 18.1 Å². The third kappa shape index (κ3) is 2.64. The van der Waals surface area contributed by atoms with Crippen LogP contribution in [-0.4, -0.2) is 0 Å². The molecule has 0 radical (unpaired) electrons. The Kier molecular flexibility index (Phi) is 4.13. The van der Waals surface area contributed by atoms with E-state index in [1.54, 1.807) is 0 Å². The molecule has 0 N–H and O–H groups in total. The van der Waals surface area contributed by atoms with Crippen LogP contribution < -0.4 is 0 Å². The maximum Gasteiger partial charge on any atom is 0.0239 e. The van der Waals surface area contributed by atoms with E-state index in [9.17, 15) is 0 Å². The summed E-state index contributed by atoms with van der Waals surface area (Å²) in [4.78, 5) is 1.05. The van der Waals surface area contributed by atoms with Gasteiger partial charge in [-0.05, 0) is 51.8 Å². The summed E-state index contributed by atoms with van der Waals surface area (Å²) in [5, 5.41) is 0. The van der Waals surface area contributed by atoms with E-state index in [0.29, 0.717) is 0 Å². The van der Waals surface area contributed by atoms with Crippen LogP contribution in [0.5, 0.6) is 0 Å². The van der Waals surface area contributed by atoms with Gasteiger partial charge in [-0.15, -0.1) is 0 Å². The van der Waals surface area contributed by atoms with E-state index >= 15 is 0 Å². The Labute approximate surface area is 87.8 Å². The van der Waals surface area contributed by atoms with Crippen LogP contribution in [-0.2, 0) is 0 Å². The Bertz CT molecular complexity index is 329. The fourth-order valence-corrected chi connectivity index (χ4v) is 1.69. The van der Waals surface area contributed by atoms with Crippen molar-refractivity contribution in [1.82, 2.24) is 0 Å². The highest BCUT2D eigenvalue weighted by Gasteiger charge is 1.97. The lowest BCUT2D eigenvalue weighted by Crippen LogP contribution is -1.80. The summed E-state index contributed by atoms with van der Waals surface area (Å²) in [6.07, 6.45) is 5.90. The van der Waals surface area contributed by atoms with Gasteiger partial charge in [-0.3, -0.25) is 0 Å². The predicted octanol–water partition coefficient (Wildman–Crippen LogP) is 4.61. The van der Waals surface area contributed by atoms with Gasteiger partial charge in [-0.1, -0.05) is 30.9 Å². The summed E-state index contributed by atoms with van der Waals surface area (Å²) < 4.78 is 0. The van der Waals surface area contributed by atoms with Crippen LogP contribution >= 0.6 is 21.7 Å². The van der Waals surface area contributed by atoms with Gasteiger partial charge in [0.15, 0.2) is 0 Å². The summed E-state index contributed by atoms with van der Waals surface area (Å²) in [7, 11) is 6.88. The predicted molar refractivity (Wildman–Crippen MR) is 63.0 cm³/mol. The van der Waals surface area contributed by atoms with E-state index in [4.69, 9.17) is 10.7 Å². The van der Waals surface area contributed by atoms with E-state index < -0.39 is 0 Å². The van der Waals surface area contributed by atoms with Gasteiger partial charge in [0.25, 0.3) is 0 Å². The highest BCUT2D eigenvalue weighted by atomic mass is 35.7. The zero-order valence-electron chi connectivity index (χ0n) is 7.46. The maximum atomic E-state index is 5.65. The molecule has 0 aliphatic carbocycles. The molecule has 1 rings (SSSR count). The van der Waals surface area contributed by atoms with Crippen LogP contribution in [0.4, 0.5) is 0 Å². The van der Waals surface area contributed by atoms with Crippen LogP contribution in [0.25, 0.3) is 12.2 Å². The monoisotopic (exact) mass is 210 g/mol. The van der Waals surface area contributed by atoms with Crippen LogP contribution in [0, 0.1) is 0 Å². The highest BCUT2D eigenvalue weighted by Crippen LogP contribution is 2.25. The van der Waals surface area contributed by atoms with Crippen molar-refractivity contribution in [1.29, 1.82) is 0 Å². The van der Waals surface area contributed by atoms with Crippen molar-refractivity contribution in [2.24, 2.45) is 0 Å². The Balaban J connectivity index is 3.15. The molecule has 0 aliphatic heterocycles. The Morgan fingerprint density at radius 2 is 2.15 bits per heavy atom. The van der Waals surface area contributed by atoms with Gasteiger partial charge in [0.1, 0.15) is 0 Å². The highest BCUT2D eigenvalue weighted by molar-refractivity contribution is 8.21. The smallest absolute Gasteiger partial charge is 0.0239 e. The van der Waals surface area contributed by atoms with Crippen molar-refractivity contribution in [2.75, 3.05) is 0 Å². The third-order valence-electron chi connectivity index (χ3n) is 1.71. The summed E-state index contributed by atoms with van der Waals surface area (Å²) in [6.45, 7) is 5.76. The van der Waals surface area contributed by atoms with Crippen LogP contribution in [0.2, 0.25) is 0 Å². The van der Waals surface area contributed by atoms with E-state index in [1.807, 2.05) is 37.3 Å². The Morgan fingerprint density at radius 3 is 2.69 bits per heavy atom. The number of hydrogen-bond acceptors (Lipinski definition) is 1. The normalized spacial score (nSPS) is 10.6. The molecule has 2 heteroatoms. The zero-order valence-corrected chi connectivity index (χ0v) is 9.03. The summed E-state index contributed by atoms with van der Waals surface area (Å²) in [6, 6.07) is 6.07. The minimum absolute atomic E-state index is 1.05. The lowest BCUT2D eigenvalue weighted by atomic mass is 10.1. The second-order valence-corrected chi connectivity index (χ2v) is 3.66. The largest absolute Gasteiger partial charge is 0.0984 e. The number of halogens is 1. The number of benzene rings is 1. The first kappa shape index (κ1) is 10.4. The summed E-state index contributed by atoms with van der Waals surface area (Å²) in [5.41, 5.74) is 2.29. The molecule has 0 saturated heterocycles. The minimum Gasteiger partial charge on any atom is -0.0984 e. The molecule has 13 heavy (non-hydrogen) atoms. The summed E-state index contributed by atoms with van der Waals surface area (Å²) >= 11 is 0. The molecule has 0 spiro atoms. The molecule has 68 valence electrons. The van der Waals surface area contributed by atoms with Crippen molar-refractivity contribution in [3.8, 4) is 0 Å². The molecule has 0 atom stereocenters. The van der Waals surface area contributed by atoms with Gasteiger partial charge in [0.2, 0.25) is 0 Å². The molecule has 0 saturated carbocycles. The van der Waals surface area contributed by atoms with E-state index in [2.05, 4.69) is 12.7 Å². The first-order valence-electron chi connectivity index (χ1n) is 3.99. The lowest BCUT2D eigenvalue weighted by Gasteiger charge is -2.02. The maximum absolute atomic E-state index is 5.65. The minimum atomic E-state index is 1.05. The van der Waals surface area contributed by atoms with Gasteiger partial charge in [-0.2, -0.15) is 0 Å². The Hall–Kier alpha value is -0.660. The zero-order chi connectivity index (χ0) is 9.68. The van der Waals surface area contributed by atoms with Crippen molar-refractivity contribution >= 4 is 33.8 Å². The van der Waals surface area contributed by atoms with Crippen LogP contribution in [0.3, 0.4) is 0 Å². The molecule has 0 heterocycles. The fourth-order valence-electron chi connectivity index (χ4n) is 1.11. The van der Waals surface area contributed by atoms with Crippen molar-refractivity contribution < 1.29 is 0 Å². The van der Waals surface area contributed by atoms with Crippen molar-refractivity contribution in [3.63, 3.8) is 0 Å². The molecule has 0 nitrogen and oxygen atoms in total. The number of hydrogen-bond donors (Lipinski definition) is 0. The molecule has 0 aromatic heterocycles. The van der Waals surface area contributed by atoms with Gasteiger partial charge in [0.05, 0.1) is 0 Å². The number of rotatable bonds is 3. The topological polar surface area (TPSA) is 0 Å². The molecule has 0 bridgehead atoms. The second kappa shape index (κ2) is 5.15. The van der Waals surface area contributed by atoms with Crippen LogP contribution in [0.15, 0.2) is 35.7 Å². The Morgan fingerprint density at radius 1 is 1.38 bits per heavy atom. The average molecular weight is 211 g/mol. The molecule has 1 aromatic carbocycles.